The second-order valence-electron chi connectivity index (χ2n) is 11.3. The van der Waals surface area contributed by atoms with Crippen LogP contribution < -0.4 is 0 Å². The molecule has 9 nitrogen and oxygen atoms in total. The zero-order valence-electron chi connectivity index (χ0n) is 24.8. The second-order valence-corrected chi connectivity index (χ2v) is 11.3. The van der Waals surface area contributed by atoms with Crippen LogP contribution >= 0.6 is 0 Å². The summed E-state index contributed by atoms with van der Waals surface area (Å²) in [6.45, 7) is 19.2. The lowest BCUT2D eigenvalue weighted by atomic mass is 9.75. The molecule has 39 heavy (non-hydrogen) atoms. The highest BCUT2D eigenvalue weighted by Gasteiger charge is 2.66. The summed E-state index contributed by atoms with van der Waals surface area (Å²) in [7, 11) is 0. The fourth-order valence-electron chi connectivity index (χ4n) is 4.66. The van der Waals surface area contributed by atoms with Crippen LogP contribution in [0, 0.1) is 11.8 Å². The van der Waals surface area contributed by atoms with Gasteiger partial charge in [-0.1, -0.05) is 38.2 Å². The van der Waals surface area contributed by atoms with Crippen LogP contribution in [-0.4, -0.2) is 69.8 Å². The summed E-state index contributed by atoms with van der Waals surface area (Å²) in [6.07, 6.45) is -1.64. The SMILES string of the molecule is C=C(C)[C@H]1C[C@@H](O)[C@](C)(O)[C@@H](OC(=O)/C(C)=C\C)C[C@H]2O[C@@]2(C)[C@@H](OC(=O)/C(C)=C\C)[C@H]1OC(=O)[C@H](C)CC. The number of fused-ring (bicyclic) bond motifs is 1. The maximum absolute atomic E-state index is 13.1. The van der Waals surface area contributed by atoms with Crippen molar-refractivity contribution in [3.05, 3.63) is 35.5 Å². The molecule has 1 saturated heterocycles. The number of aliphatic hydroxyl groups excluding tert-OH is 1. The topological polar surface area (TPSA) is 132 Å². The number of carbonyl (C=O) groups excluding carboxylic acids is 3. The summed E-state index contributed by atoms with van der Waals surface area (Å²) >= 11 is 0. The van der Waals surface area contributed by atoms with E-state index < -0.39 is 71.5 Å². The van der Waals surface area contributed by atoms with Gasteiger partial charge in [-0.15, -0.1) is 0 Å². The average Bonchev–Trinajstić information content (AvgIpc) is 3.55. The fourth-order valence-corrected chi connectivity index (χ4v) is 4.66. The summed E-state index contributed by atoms with van der Waals surface area (Å²) < 4.78 is 23.8. The Morgan fingerprint density at radius 2 is 1.56 bits per heavy atom. The van der Waals surface area contributed by atoms with Crippen LogP contribution in [0.25, 0.3) is 0 Å². The van der Waals surface area contributed by atoms with Gasteiger partial charge in [-0.05, 0) is 61.3 Å². The van der Waals surface area contributed by atoms with Gasteiger partial charge in [0, 0.05) is 23.5 Å². The van der Waals surface area contributed by atoms with Crippen molar-refractivity contribution in [2.75, 3.05) is 0 Å². The molecule has 0 spiro atoms. The highest BCUT2D eigenvalue weighted by molar-refractivity contribution is 5.88. The van der Waals surface area contributed by atoms with Gasteiger partial charge in [0.15, 0.2) is 6.10 Å². The van der Waals surface area contributed by atoms with Crippen LogP contribution in [0.5, 0.6) is 0 Å². The molecule has 2 rings (SSSR count). The third-order valence-electron chi connectivity index (χ3n) is 8.36. The molecule has 0 aromatic rings. The molecule has 2 fully saturated rings. The average molecular weight is 551 g/mol. The molecule has 0 bridgehead atoms. The molecule has 2 aliphatic rings. The number of rotatable bonds is 8. The van der Waals surface area contributed by atoms with E-state index in [4.69, 9.17) is 18.9 Å². The molecule has 1 aliphatic carbocycles. The van der Waals surface area contributed by atoms with Crippen LogP contribution in [0.2, 0.25) is 0 Å². The van der Waals surface area contributed by atoms with Crippen LogP contribution in [0.3, 0.4) is 0 Å². The number of esters is 3. The first-order chi connectivity index (χ1) is 18.0. The van der Waals surface area contributed by atoms with Gasteiger partial charge in [0.05, 0.1) is 18.1 Å². The maximum atomic E-state index is 13.1. The van der Waals surface area contributed by atoms with Crippen molar-refractivity contribution in [1.29, 1.82) is 0 Å². The Kier molecular flexibility index (Phi) is 10.7. The van der Waals surface area contributed by atoms with Gasteiger partial charge in [-0.25, -0.2) is 9.59 Å². The third kappa shape index (κ3) is 7.18. The standard InChI is InChI=1S/C30H46O9/c1-11-17(6)26(32)36-22-15-23-30(10,39-23)25(38-28(34)19(8)13-3)24(37-27(33)18(7)12-2)20(16(4)5)14-21(31)29(22,9)35/h11,13,18,20-25,31,35H,4,12,14-15H2,1-3,5-10H3/b17-11-,19-13-/t18-,20-,21-,22+,23-,24+,25+,29+,30-/m1/s1. The van der Waals surface area contributed by atoms with Crippen LogP contribution in [0.15, 0.2) is 35.5 Å². The molecule has 1 heterocycles. The summed E-state index contributed by atoms with van der Waals surface area (Å²) in [6, 6.07) is 0. The highest BCUT2D eigenvalue weighted by atomic mass is 16.7. The highest BCUT2D eigenvalue weighted by Crippen LogP contribution is 2.50. The van der Waals surface area contributed by atoms with E-state index in [0.29, 0.717) is 23.1 Å². The Bertz CT molecular complexity index is 1010. The first-order valence-electron chi connectivity index (χ1n) is 13.7. The minimum absolute atomic E-state index is 0.0176. The van der Waals surface area contributed by atoms with Gasteiger partial charge in [-0.2, -0.15) is 0 Å². The lowest BCUT2D eigenvalue weighted by molar-refractivity contribution is -0.189. The number of carbonyl (C=O) groups is 3. The van der Waals surface area contributed by atoms with Crippen molar-refractivity contribution in [3.8, 4) is 0 Å². The van der Waals surface area contributed by atoms with Crippen LogP contribution in [0.4, 0.5) is 0 Å². The van der Waals surface area contributed by atoms with Crippen molar-refractivity contribution in [2.45, 2.75) is 123 Å². The van der Waals surface area contributed by atoms with Gasteiger partial charge < -0.3 is 29.2 Å². The van der Waals surface area contributed by atoms with Gasteiger partial charge >= 0.3 is 17.9 Å². The fraction of sp³-hybridized carbons (Fsp3) is 0.700. The molecular weight excluding hydrogens is 504 g/mol. The molecule has 220 valence electrons. The molecule has 0 aromatic heterocycles. The van der Waals surface area contributed by atoms with E-state index in [-0.39, 0.29) is 12.8 Å². The molecule has 0 aromatic carbocycles. The largest absolute Gasteiger partial charge is 0.457 e. The Balaban J connectivity index is 2.65. The van der Waals surface area contributed by atoms with Crippen molar-refractivity contribution in [1.82, 2.24) is 0 Å². The Labute approximate surface area is 232 Å². The summed E-state index contributed by atoms with van der Waals surface area (Å²) in [5.74, 6) is -2.85. The molecule has 0 radical (unpaired) electrons. The monoisotopic (exact) mass is 550 g/mol. The number of aliphatic hydroxyl groups is 2. The minimum atomic E-state index is -1.87. The number of hydrogen-bond donors (Lipinski definition) is 2. The number of ether oxygens (including phenoxy) is 4. The lowest BCUT2D eigenvalue weighted by Crippen LogP contribution is -2.57. The molecule has 1 aliphatic heterocycles. The number of allylic oxidation sites excluding steroid dienone is 2. The Morgan fingerprint density at radius 3 is 2.05 bits per heavy atom. The molecular formula is C30H46O9. The summed E-state index contributed by atoms with van der Waals surface area (Å²) in [5, 5.41) is 22.9. The molecule has 0 amide bonds. The van der Waals surface area contributed by atoms with E-state index in [0.717, 1.165) is 0 Å². The third-order valence-corrected chi connectivity index (χ3v) is 8.36. The minimum Gasteiger partial charge on any atom is -0.457 e. The van der Waals surface area contributed by atoms with Crippen molar-refractivity contribution in [2.24, 2.45) is 11.8 Å². The van der Waals surface area contributed by atoms with Crippen LogP contribution in [-0.2, 0) is 33.3 Å². The predicted molar refractivity (Wildman–Crippen MR) is 145 cm³/mol. The number of epoxide rings is 1. The van der Waals surface area contributed by atoms with E-state index in [9.17, 15) is 24.6 Å². The maximum Gasteiger partial charge on any atom is 0.333 e. The first-order valence-corrected chi connectivity index (χ1v) is 13.7. The zero-order valence-corrected chi connectivity index (χ0v) is 24.8. The Hall–Kier alpha value is -2.49. The molecule has 0 unspecified atom stereocenters. The zero-order chi connectivity index (χ0) is 29.9. The summed E-state index contributed by atoms with van der Waals surface area (Å²) in [4.78, 5) is 38.7. The van der Waals surface area contributed by atoms with Gasteiger partial charge in [0.1, 0.15) is 23.4 Å². The van der Waals surface area contributed by atoms with E-state index in [1.807, 2.05) is 6.92 Å². The normalized spacial score (nSPS) is 36.2. The molecule has 1 saturated carbocycles. The molecule has 2 N–H and O–H groups in total. The number of hydrogen-bond acceptors (Lipinski definition) is 9. The van der Waals surface area contributed by atoms with E-state index in [1.54, 1.807) is 60.6 Å². The van der Waals surface area contributed by atoms with Crippen molar-refractivity contribution >= 4 is 17.9 Å². The molecule has 9 atom stereocenters. The Morgan fingerprint density at radius 1 is 1.03 bits per heavy atom. The molecule has 9 heteroatoms. The smallest absolute Gasteiger partial charge is 0.333 e. The van der Waals surface area contributed by atoms with Crippen molar-refractivity contribution < 1.29 is 43.5 Å². The van der Waals surface area contributed by atoms with Gasteiger partial charge in [0.25, 0.3) is 0 Å². The van der Waals surface area contributed by atoms with E-state index >= 15 is 0 Å². The van der Waals surface area contributed by atoms with Gasteiger partial charge in [-0.3, -0.25) is 4.79 Å². The summed E-state index contributed by atoms with van der Waals surface area (Å²) in [5.41, 5.74) is -1.74. The van der Waals surface area contributed by atoms with E-state index in [2.05, 4.69) is 6.58 Å². The predicted octanol–water partition coefficient (Wildman–Crippen LogP) is 3.96. The quantitative estimate of drug-likeness (QED) is 0.152. The first kappa shape index (κ1) is 32.7. The van der Waals surface area contributed by atoms with Gasteiger partial charge in [0.2, 0.25) is 0 Å². The second kappa shape index (κ2) is 12.8. The lowest BCUT2D eigenvalue weighted by Gasteiger charge is -2.42. The van der Waals surface area contributed by atoms with Crippen molar-refractivity contribution in [3.63, 3.8) is 0 Å². The van der Waals surface area contributed by atoms with E-state index in [1.165, 1.54) is 6.92 Å². The van der Waals surface area contributed by atoms with Crippen LogP contribution in [0.1, 0.15) is 81.6 Å².